The van der Waals surface area contributed by atoms with Gasteiger partial charge in [-0.15, -0.1) is 0 Å². The summed E-state index contributed by atoms with van der Waals surface area (Å²) in [5.74, 6) is -0.264. The van der Waals surface area contributed by atoms with Crippen LogP contribution in [0.3, 0.4) is 0 Å². The monoisotopic (exact) mass is 237 g/mol. The van der Waals surface area contributed by atoms with Gasteiger partial charge >= 0.3 is 6.03 Å². The van der Waals surface area contributed by atoms with Gasteiger partial charge in [0.05, 0.1) is 6.04 Å². The number of hydrogen-bond donors (Lipinski definition) is 2. The number of hydrogen-bond acceptors (Lipinski definition) is 2. The Bertz CT molecular complexity index is 393. The lowest BCUT2D eigenvalue weighted by Crippen LogP contribution is -2.31. The largest absolute Gasteiger partial charge is 0.336 e. The van der Waals surface area contributed by atoms with Crippen LogP contribution >= 0.6 is 0 Å². The van der Waals surface area contributed by atoms with E-state index in [9.17, 15) is 9.18 Å². The average molecular weight is 237 g/mol. The lowest BCUT2D eigenvalue weighted by molar-refractivity contribution is 0.203. The molecule has 5 heteroatoms. The molecular formula is C12H16FN3O. The second kappa shape index (κ2) is 5.14. The fraction of sp³-hybridized carbons (Fsp3) is 0.417. The van der Waals surface area contributed by atoms with Gasteiger partial charge in [0, 0.05) is 13.1 Å². The molecule has 0 aliphatic carbocycles. The maximum absolute atomic E-state index is 12.8. The number of nitrogens with two attached hydrogens (primary N) is 1. The summed E-state index contributed by atoms with van der Waals surface area (Å²) in [7, 11) is 0. The topological polar surface area (TPSA) is 58.4 Å². The molecule has 0 bridgehead atoms. The zero-order valence-corrected chi connectivity index (χ0v) is 9.53. The number of urea groups is 1. The SMILES string of the molecule is NCCCN1C(=O)NCC1c1ccc(F)cc1. The molecule has 4 nitrogen and oxygen atoms in total. The van der Waals surface area contributed by atoms with Crippen LogP contribution < -0.4 is 11.1 Å². The fourth-order valence-corrected chi connectivity index (χ4v) is 2.04. The minimum absolute atomic E-state index is 0.0188. The summed E-state index contributed by atoms with van der Waals surface area (Å²) in [5.41, 5.74) is 6.39. The van der Waals surface area contributed by atoms with Gasteiger partial charge in [0.15, 0.2) is 0 Å². The number of carbonyl (C=O) groups is 1. The molecule has 1 unspecified atom stereocenters. The van der Waals surface area contributed by atoms with E-state index in [1.54, 1.807) is 17.0 Å². The van der Waals surface area contributed by atoms with Gasteiger partial charge in [0.25, 0.3) is 0 Å². The summed E-state index contributed by atoms with van der Waals surface area (Å²) < 4.78 is 12.8. The van der Waals surface area contributed by atoms with E-state index >= 15 is 0 Å². The molecule has 1 saturated heterocycles. The van der Waals surface area contributed by atoms with Crippen molar-refractivity contribution in [1.82, 2.24) is 10.2 Å². The maximum atomic E-state index is 12.8. The van der Waals surface area contributed by atoms with E-state index in [4.69, 9.17) is 5.73 Å². The summed E-state index contributed by atoms with van der Waals surface area (Å²) in [4.78, 5) is 13.4. The number of amides is 2. The van der Waals surface area contributed by atoms with E-state index in [-0.39, 0.29) is 17.9 Å². The summed E-state index contributed by atoms with van der Waals surface area (Å²) in [6, 6.07) is 6.17. The number of nitrogens with one attached hydrogen (secondary N) is 1. The molecular weight excluding hydrogens is 221 g/mol. The van der Waals surface area contributed by atoms with Crippen molar-refractivity contribution in [3.63, 3.8) is 0 Å². The van der Waals surface area contributed by atoms with Gasteiger partial charge in [-0.1, -0.05) is 12.1 Å². The minimum Gasteiger partial charge on any atom is -0.336 e. The molecule has 1 aromatic carbocycles. The Morgan fingerprint density at radius 2 is 2.12 bits per heavy atom. The zero-order valence-electron chi connectivity index (χ0n) is 9.53. The van der Waals surface area contributed by atoms with Crippen molar-refractivity contribution in [3.8, 4) is 0 Å². The van der Waals surface area contributed by atoms with Gasteiger partial charge in [-0.2, -0.15) is 0 Å². The molecule has 92 valence electrons. The van der Waals surface area contributed by atoms with Gasteiger partial charge in [-0.25, -0.2) is 9.18 Å². The highest BCUT2D eigenvalue weighted by atomic mass is 19.1. The molecule has 1 atom stereocenters. The van der Waals surface area contributed by atoms with Gasteiger partial charge in [0.2, 0.25) is 0 Å². The number of rotatable bonds is 4. The first-order valence-electron chi connectivity index (χ1n) is 5.72. The van der Waals surface area contributed by atoms with Crippen LogP contribution in [-0.2, 0) is 0 Å². The summed E-state index contributed by atoms with van der Waals surface area (Å²) in [5, 5.41) is 2.79. The first-order chi connectivity index (χ1) is 8.22. The number of benzene rings is 1. The number of nitrogens with zero attached hydrogens (tertiary/aromatic N) is 1. The van der Waals surface area contributed by atoms with Crippen LogP contribution in [0.5, 0.6) is 0 Å². The molecule has 0 aromatic heterocycles. The van der Waals surface area contributed by atoms with Crippen LogP contribution in [0.1, 0.15) is 18.0 Å². The predicted molar refractivity (Wildman–Crippen MR) is 62.9 cm³/mol. The molecule has 1 aromatic rings. The van der Waals surface area contributed by atoms with Crippen LogP contribution in [-0.4, -0.2) is 30.6 Å². The molecule has 17 heavy (non-hydrogen) atoms. The van der Waals surface area contributed by atoms with E-state index in [1.807, 2.05) is 0 Å². The second-order valence-electron chi connectivity index (χ2n) is 4.09. The van der Waals surface area contributed by atoms with Crippen LogP contribution in [0, 0.1) is 5.82 Å². The second-order valence-corrected chi connectivity index (χ2v) is 4.09. The van der Waals surface area contributed by atoms with E-state index in [0.29, 0.717) is 19.6 Å². The standard InChI is InChI=1S/C12H16FN3O/c13-10-4-2-9(3-5-10)11-8-15-12(17)16(11)7-1-6-14/h2-5,11H,1,6-8,14H2,(H,15,17). The average Bonchev–Trinajstić information content (AvgIpc) is 2.69. The van der Waals surface area contributed by atoms with Gasteiger partial charge in [-0.05, 0) is 30.7 Å². The van der Waals surface area contributed by atoms with Crippen molar-refractivity contribution in [1.29, 1.82) is 0 Å². The molecule has 1 fully saturated rings. The van der Waals surface area contributed by atoms with Crippen molar-refractivity contribution in [2.45, 2.75) is 12.5 Å². The normalized spacial score (nSPS) is 19.5. The third-order valence-electron chi connectivity index (χ3n) is 2.94. The predicted octanol–water partition coefficient (Wildman–Crippen LogP) is 1.24. The van der Waals surface area contributed by atoms with E-state index in [1.165, 1.54) is 12.1 Å². The first-order valence-corrected chi connectivity index (χ1v) is 5.72. The Labute approximate surface area is 99.6 Å². The Kier molecular flexibility index (Phi) is 3.58. The minimum atomic E-state index is -0.264. The summed E-state index contributed by atoms with van der Waals surface area (Å²) in [6.07, 6.45) is 0.769. The molecule has 1 aliphatic rings. The van der Waals surface area contributed by atoms with Gasteiger partial charge in [-0.3, -0.25) is 0 Å². The molecule has 1 heterocycles. The smallest absolute Gasteiger partial charge is 0.318 e. The molecule has 0 spiro atoms. The van der Waals surface area contributed by atoms with Crippen LogP contribution in [0.2, 0.25) is 0 Å². The fourth-order valence-electron chi connectivity index (χ4n) is 2.04. The molecule has 0 saturated carbocycles. The van der Waals surface area contributed by atoms with Gasteiger partial charge in [0.1, 0.15) is 5.82 Å². The summed E-state index contributed by atoms with van der Waals surface area (Å²) >= 11 is 0. The Morgan fingerprint density at radius 3 is 2.76 bits per heavy atom. The van der Waals surface area contributed by atoms with Crippen molar-refractivity contribution < 1.29 is 9.18 Å². The third-order valence-corrected chi connectivity index (χ3v) is 2.94. The zero-order chi connectivity index (χ0) is 12.3. The van der Waals surface area contributed by atoms with Gasteiger partial charge < -0.3 is 16.0 Å². The molecule has 0 radical (unpaired) electrons. The lowest BCUT2D eigenvalue weighted by Gasteiger charge is -2.23. The van der Waals surface area contributed by atoms with E-state index in [2.05, 4.69) is 5.32 Å². The molecule has 1 aliphatic heterocycles. The van der Waals surface area contributed by atoms with Crippen molar-refractivity contribution in [2.75, 3.05) is 19.6 Å². The quantitative estimate of drug-likeness (QED) is 0.827. The van der Waals surface area contributed by atoms with E-state index in [0.717, 1.165) is 12.0 Å². The highest BCUT2D eigenvalue weighted by molar-refractivity contribution is 5.77. The Hall–Kier alpha value is -1.62. The van der Waals surface area contributed by atoms with Crippen LogP contribution in [0.15, 0.2) is 24.3 Å². The van der Waals surface area contributed by atoms with Crippen molar-refractivity contribution in [2.24, 2.45) is 5.73 Å². The van der Waals surface area contributed by atoms with E-state index < -0.39 is 0 Å². The first kappa shape index (κ1) is 11.9. The number of carbonyl (C=O) groups excluding carboxylic acids is 1. The number of halogens is 1. The molecule has 2 amide bonds. The summed E-state index contributed by atoms with van der Waals surface area (Å²) in [6.45, 7) is 1.75. The Morgan fingerprint density at radius 1 is 1.41 bits per heavy atom. The third kappa shape index (κ3) is 2.55. The highest BCUT2D eigenvalue weighted by Gasteiger charge is 2.30. The van der Waals surface area contributed by atoms with Crippen LogP contribution in [0.25, 0.3) is 0 Å². The molecule has 2 rings (SSSR count). The lowest BCUT2D eigenvalue weighted by atomic mass is 10.1. The maximum Gasteiger partial charge on any atom is 0.318 e. The Balaban J connectivity index is 2.13. The van der Waals surface area contributed by atoms with Crippen LogP contribution in [0.4, 0.5) is 9.18 Å². The molecule has 3 N–H and O–H groups in total. The van der Waals surface area contributed by atoms with Crippen molar-refractivity contribution >= 4 is 6.03 Å². The highest BCUT2D eigenvalue weighted by Crippen LogP contribution is 2.24. The van der Waals surface area contributed by atoms with Crippen molar-refractivity contribution in [3.05, 3.63) is 35.6 Å².